The van der Waals surface area contributed by atoms with Crippen LogP contribution in [0.5, 0.6) is 11.5 Å². The Labute approximate surface area is 147 Å². The molecule has 1 heterocycles. The largest absolute Gasteiger partial charge is 0.504 e. The zero-order valence-corrected chi connectivity index (χ0v) is 14.0. The van der Waals surface area contributed by atoms with Crippen LogP contribution in [0.15, 0.2) is 47.4 Å². The van der Waals surface area contributed by atoms with Crippen LogP contribution in [0, 0.1) is 0 Å². The Hall–Kier alpha value is -2.02. The van der Waals surface area contributed by atoms with Gasteiger partial charge in [-0.05, 0) is 35.9 Å². The zero-order valence-electron chi connectivity index (χ0n) is 11.6. The molecule has 0 unspecified atom stereocenters. The Morgan fingerprint density at radius 3 is 2.52 bits per heavy atom. The highest BCUT2D eigenvalue weighted by Gasteiger charge is 2.33. The molecule has 2 aromatic carbocycles. The molecule has 0 aromatic heterocycles. The first-order chi connectivity index (χ1) is 11.0. The molecule has 0 bridgehead atoms. The second-order valence-corrected chi connectivity index (χ2v) is 6.81. The number of thioether (sulfide) groups is 1. The average Bonchev–Trinajstić information content (AvgIpc) is 2.80. The first-order valence-corrected chi connectivity index (χ1v) is 8.12. The van der Waals surface area contributed by atoms with Crippen molar-refractivity contribution >= 4 is 57.6 Å². The molecule has 0 atom stereocenters. The maximum atomic E-state index is 12.6. The molecule has 2 aromatic rings. The fourth-order valence-electron chi connectivity index (χ4n) is 2.11. The van der Waals surface area contributed by atoms with Gasteiger partial charge in [-0.15, -0.1) is 0 Å². The Balaban J connectivity index is 1.96. The van der Waals surface area contributed by atoms with Gasteiger partial charge in [0.2, 0.25) is 0 Å². The fraction of sp³-hybridized carbons (Fsp3) is 0. The summed E-state index contributed by atoms with van der Waals surface area (Å²) in [5.41, 5.74) is 1.20. The molecule has 1 aliphatic rings. The van der Waals surface area contributed by atoms with Gasteiger partial charge in [0, 0.05) is 0 Å². The first-order valence-electron chi connectivity index (χ1n) is 6.52. The minimum atomic E-state index is -0.388. The van der Waals surface area contributed by atoms with Gasteiger partial charge in [-0.1, -0.05) is 53.8 Å². The molecule has 1 saturated heterocycles. The van der Waals surface area contributed by atoms with E-state index in [0.29, 0.717) is 20.5 Å². The molecule has 0 aliphatic carbocycles. The van der Waals surface area contributed by atoms with Crippen molar-refractivity contribution in [2.75, 3.05) is 4.90 Å². The lowest BCUT2D eigenvalue weighted by atomic mass is 10.2. The smallest absolute Gasteiger partial charge is 0.270 e. The fourth-order valence-corrected chi connectivity index (χ4v) is 3.63. The predicted molar refractivity (Wildman–Crippen MR) is 96.9 cm³/mol. The van der Waals surface area contributed by atoms with E-state index in [4.69, 9.17) is 23.8 Å². The van der Waals surface area contributed by atoms with Crippen molar-refractivity contribution in [2.45, 2.75) is 0 Å². The molecule has 0 saturated carbocycles. The minimum Gasteiger partial charge on any atom is -0.504 e. The maximum absolute atomic E-state index is 12.6. The number of thiocarbonyl (C=S) groups is 1. The predicted octanol–water partition coefficient (Wildman–Crippen LogP) is 4.16. The van der Waals surface area contributed by atoms with E-state index < -0.39 is 0 Å². The van der Waals surface area contributed by atoms with Crippen LogP contribution in [0.25, 0.3) is 6.08 Å². The van der Waals surface area contributed by atoms with Crippen LogP contribution in [0.2, 0.25) is 5.02 Å². The second-order valence-electron chi connectivity index (χ2n) is 4.72. The highest BCUT2D eigenvalue weighted by Crippen LogP contribution is 2.38. The third-order valence-electron chi connectivity index (χ3n) is 3.17. The zero-order chi connectivity index (χ0) is 16.6. The molecule has 23 heavy (non-hydrogen) atoms. The van der Waals surface area contributed by atoms with Gasteiger partial charge in [0.05, 0.1) is 15.6 Å². The van der Waals surface area contributed by atoms with E-state index in [2.05, 4.69) is 0 Å². The monoisotopic (exact) mass is 363 g/mol. The number of para-hydroxylation sites is 1. The number of carbonyl (C=O) groups excluding carboxylic acids is 1. The lowest BCUT2D eigenvalue weighted by molar-refractivity contribution is -0.113. The maximum Gasteiger partial charge on any atom is 0.270 e. The number of hydrogen-bond acceptors (Lipinski definition) is 5. The van der Waals surface area contributed by atoms with E-state index >= 15 is 0 Å². The Morgan fingerprint density at radius 2 is 1.87 bits per heavy atom. The van der Waals surface area contributed by atoms with Crippen molar-refractivity contribution in [3.63, 3.8) is 0 Å². The molecule has 1 aliphatic heterocycles. The number of benzene rings is 2. The lowest BCUT2D eigenvalue weighted by Crippen LogP contribution is -2.27. The highest BCUT2D eigenvalue weighted by atomic mass is 35.5. The van der Waals surface area contributed by atoms with Crippen molar-refractivity contribution in [3.8, 4) is 11.5 Å². The van der Waals surface area contributed by atoms with Crippen LogP contribution in [0.3, 0.4) is 0 Å². The quantitative estimate of drug-likeness (QED) is 0.476. The minimum absolute atomic E-state index is 0.00906. The molecule has 3 rings (SSSR count). The van der Waals surface area contributed by atoms with E-state index in [9.17, 15) is 15.0 Å². The van der Waals surface area contributed by atoms with Crippen LogP contribution in [-0.4, -0.2) is 20.4 Å². The van der Waals surface area contributed by atoms with Gasteiger partial charge < -0.3 is 10.2 Å². The molecule has 116 valence electrons. The molecule has 2 N–H and O–H groups in total. The first kappa shape index (κ1) is 15.9. The molecule has 0 spiro atoms. The molecular formula is C16H10ClNO3S2. The van der Waals surface area contributed by atoms with E-state index in [0.717, 1.165) is 0 Å². The Bertz CT molecular complexity index is 813. The van der Waals surface area contributed by atoms with Crippen molar-refractivity contribution < 1.29 is 15.0 Å². The summed E-state index contributed by atoms with van der Waals surface area (Å²) in [7, 11) is 0. The highest BCUT2D eigenvalue weighted by molar-refractivity contribution is 8.27. The summed E-state index contributed by atoms with van der Waals surface area (Å²) < 4.78 is 0.432. The van der Waals surface area contributed by atoms with Crippen molar-refractivity contribution in [3.05, 3.63) is 58.0 Å². The van der Waals surface area contributed by atoms with E-state index in [1.807, 2.05) is 18.2 Å². The third kappa shape index (κ3) is 3.06. The SMILES string of the molecule is O=C1/C(=C/c2cc(O)c(O)c(Cl)c2)SC(=S)N1c1ccccc1. The van der Waals surface area contributed by atoms with Crippen molar-refractivity contribution in [1.82, 2.24) is 0 Å². The summed E-state index contributed by atoms with van der Waals surface area (Å²) >= 11 is 12.3. The number of hydrogen-bond donors (Lipinski definition) is 2. The van der Waals surface area contributed by atoms with Crippen LogP contribution in [0.1, 0.15) is 5.56 Å². The van der Waals surface area contributed by atoms with Gasteiger partial charge >= 0.3 is 0 Å². The van der Waals surface area contributed by atoms with Crippen LogP contribution >= 0.6 is 35.6 Å². The normalized spacial score (nSPS) is 16.4. The van der Waals surface area contributed by atoms with Gasteiger partial charge in [0.1, 0.15) is 0 Å². The van der Waals surface area contributed by atoms with Crippen molar-refractivity contribution in [2.24, 2.45) is 0 Å². The van der Waals surface area contributed by atoms with Crippen LogP contribution < -0.4 is 4.90 Å². The van der Waals surface area contributed by atoms with Crippen LogP contribution in [-0.2, 0) is 4.79 Å². The number of rotatable bonds is 2. The summed E-state index contributed by atoms with van der Waals surface area (Å²) in [6.45, 7) is 0. The van der Waals surface area contributed by atoms with E-state index in [-0.39, 0.29) is 22.4 Å². The number of phenols is 2. The summed E-state index contributed by atoms with van der Waals surface area (Å²) in [4.78, 5) is 14.4. The summed E-state index contributed by atoms with van der Waals surface area (Å²) in [6, 6.07) is 11.9. The summed E-state index contributed by atoms with van der Waals surface area (Å²) in [6.07, 6.45) is 1.58. The van der Waals surface area contributed by atoms with E-state index in [1.165, 1.54) is 28.8 Å². The number of aromatic hydroxyl groups is 2. The third-order valence-corrected chi connectivity index (χ3v) is 4.76. The number of phenolic OH excluding ortho intramolecular Hbond substituents is 2. The summed E-state index contributed by atoms with van der Waals surface area (Å²) in [5.74, 6) is -0.974. The topological polar surface area (TPSA) is 60.8 Å². The average molecular weight is 364 g/mol. The van der Waals surface area contributed by atoms with Gasteiger partial charge in [0.15, 0.2) is 15.8 Å². The number of amides is 1. The van der Waals surface area contributed by atoms with Gasteiger partial charge in [-0.2, -0.15) is 0 Å². The van der Waals surface area contributed by atoms with Gasteiger partial charge in [-0.25, -0.2) is 0 Å². The Morgan fingerprint density at radius 1 is 1.17 bits per heavy atom. The molecular weight excluding hydrogens is 354 g/mol. The number of nitrogens with zero attached hydrogens (tertiary/aromatic N) is 1. The summed E-state index contributed by atoms with van der Waals surface area (Å²) in [5, 5.41) is 19.1. The molecule has 0 radical (unpaired) electrons. The Kier molecular flexibility index (Phi) is 4.30. The van der Waals surface area contributed by atoms with Crippen molar-refractivity contribution in [1.29, 1.82) is 0 Å². The van der Waals surface area contributed by atoms with Crippen LogP contribution in [0.4, 0.5) is 5.69 Å². The van der Waals surface area contributed by atoms with Gasteiger partial charge in [-0.3, -0.25) is 9.69 Å². The van der Waals surface area contributed by atoms with E-state index in [1.54, 1.807) is 18.2 Å². The number of halogens is 1. The lowest BCUT2D eigenvalue weighted by Gasteiger charge is -2.13. The molecule has 1 amide bonds. The second kappa shape index (κ2) is 6.23. The molecule has 7 heteroatoms. The molecule has 1 fully saturated rings. The number of anilines is 1. The standard InChI is InChI=1S/C16H10ClNO3S2/c17-11-6-9(7-12(19)14(11)20)8-13-15(21)18(16(22)23-13)10-4-2-1-3-5-10/h1-8,19-20H/b13-8-. The van der Waals surface area contributed by atoms with Gasteiger partial charge in [0.25, 0.3) is 5.91 Å². The molecule has 4 nitrogen and oxygen atoms in total. The number of carbonyl (C=O) groups is 1.